The Balaban J connectivity index is 2.78. The normalized spacial score (nSPS) is 13.5. The fourth-order valence-electron chi connectivity index (χ4n) is 1.17. The van der Waals surface area contributed by atoms with E-state index in [0.29, 0.717) is 11.3 Å². The van der Waals surface area contributed by atoms with Crippen LogP contribution in [0, 0.1) is 0 Å². The Morgan fingerprint density at radius 3 is 2.33 bits per heavy atom. The minimum absolute atomic E-state index is 0.487. The summed E-state index contributed by atoms with van der Waals surface area (Å²) in [5.74, 6) is 0.178. The van der Waals surface area contributed by atoms with Gasteiger partial charge in [0.2, 0.25) is 0 Å². The van der Waals surface area contributed by atoms with Crippen molar-refractivity contribution in [3.8, 4) is 5.75 Å². The second kappa shape index (κ2) is 4.61. The van der Waals surface area contributed by atoms with Crippen LogP contribution in [0.15, 0.2) is 24.3 Å². The first-order valence-electron chi connectivity index (χ1n) is 4.27. The van der Waals surface area contributed by atoms with E-state index in [2.05, 4.69) is 0 Å². The van der Waals surface area contributed by atoms with Crippen LogP contribution < -0.4 is 10.5 Å². The molecule has 1 atom stereocenters. The first-order chi connectivity index (χ1) is 6.92. The van der Waals surface area contributed by atoms with Gasteiger partial charge in [-0.1, -0.05) is 12.1 Å². The van der Waals surface area contributed by atoms with Crippen molar-refractivity contribution in [1.29, 1.82) is 0 Å². The largest absolute Gasteiger partial charge is 0.497 e. The summed E-state index contributed by atoms with van der Waals surface area (Å²) >= 11 is 0. The summed E-state index contributed by atoms with van der Waals surface area (Å²) in [5.41, 5.74) is 6.23. The molecule has 1 aromatic rings. The van der Waals surface area contributed by atoms with Crippen molar-refractivity contribution >= 4 is 10.1 Å². The van der Waals surface area contributed by atoms with Gasteiger partial charge >= 0.3 is 0 Å². The molecule has 6 heteroatoms. The molecule has 0 fully saturated rings. The Morgan fingerprint density at radius 1 is 1.40 bits per heavy atom. The van der Waals surface area contributed by atoms with Crippen molar-refractivity contribution in [2.45, 2.75) is 6.04 Å². The van der Waals surface area contributed by atoms with Gasteiger partial charge in [0.15, 0.2) is 0 Å². The fourth-order valence-corrected chi connectivity index (χ4v) is 1.82. The van der Waals surface area contributed by atoms with Crippen molar-refractivity contribution in [2.24, 2.45) is 5.73 Å². The maximum Gasteiger partial charge on any atom is 0.266 e. The van der Waals surface area contributed by atoms with E-state index >= 15 is 0 Å². The van der Waals surface area contributed by atoms with Crippen molar-refractivity contribution in [3.63, 3.8) is 0 Å². The van der Waals surface area contributed by atoms with Crippen molar-refractivity contribution in [2.75, 3.05) is 12.9 Å². The molecule has 3 N–H and O–H groups in total. The van der Waals surface area contributed by atoms with Crippen molar-refractivity contribution in [3.05, 3.63) is 29.8 Å². The molecule has 0 spiro atoms. The zero-order valence-electron chi connectivity index (χ0n) is 8.25. The van der Waals surface area contributed by atoms with Gasteiger partial charge in [0.05, 0.1) is 12.9 Å². The van der Waals surface area contributed by atoms with Crippen LogP contribution in [0.4, 0.5) is 0 Å². The third-order valence-corrected chi connectivity index (χ3v) is 2.71. The highest BCUT2D eigenvalue weighted by atomic mass is 32.2. The number of nitrogens with two attached hydrogens (primary N) is 1. The standard InChI is InChI=1S/C9H13NO4S/c1-14-8-4-2-7(3-5-8)9(10)6-15(11,12)13/h2-5,9H,6,10H2,1H3,(H,11,12,13). The molecule has 0 radical (unpaired) electrons. The van der Waals surface area contributed by atoms with E-state index in [-0.39, 0.29) is 0 Å². The Kier molecular flexibility index (Phi) is 3.67. The first-order valence-corrected chi connectivity index (χ1v) is 5.88. The molecular formula is C9H13NO4S. The number of methoxy groups -OCH3 is 1. The second-order valence-electron chi connectivity index (χ2n) is 3.13. The van der Waals surface area contributed by atoms with Crippen LogP contribution in [-0.4, -0.2) is 25.8 Å². The van der Waals surface area contributed by atoms with Crippen LogP contribution in [0.2, 0.25) is 0 Å². The lowest BCUT2D eigenvalue weighted by atomic mass is 10.1. The average Bonchev–Trinajstić information content (AvgIpc) is 2.15. The molecule has 1 unspecified atom stereocenters. The van der Waals surface area contributed by atoms with Crippen molar-refractivity contribution < 1.29 is 17.7 Å². The maximum absolute atomic E-state index is 10.6. The lowest BCUT2D eigenvalue weighted by Crippen LogP contribution is -2.20. The summed E-state index contributed by atoms with van der Waals surface area (Å²) in [7, 11) is -2.51. The summed E-state index contributed by atoms with van der Waals surface area (Å²) in [6.07, 6.45) is 0. The van der Waals surface area contributed by atoms with E-state index in [1.54, 1.807) is 24.3 Å². The predicted octanol–water partition coefficient (Wildman–Crippen LogP) is 0.583. The molecule has 5 nitrogen and oxygen atoms in total. The molecular weight excluding hydrogens is 218 g/mol. The zero-order chi connectivity index (χ0) is 11.5. The Hall–Kier alpha value is -1.11. The van der Waals surface area contributed by atoms with Gasteiger partial charge in [-0.2, -0.15) is 8.42 Å². The average molecular weight is 231 g/mol. The maximum atomic E-state index is 10.6. The summed E-state index contributed by atoms with van der Waals surface area (Å²) < 4.78 is 34.7. The van der Waals surface area contributed by atoms with Crippen LogP contribution in [-0.2, 0) is 10.1 Å². The molecule has 84 valence electrons. The quantitative estimate of drug-likeness (QED) is 0.740. The molecule has 0 amide bonds. The van der Waals surface area contributed by atoms with E-state index < -0.39 is 21.9 Å². The smallest absolute Gasteiger partial charge is 0.266 e. The van der Waals surface area contributed by atoms with E-state index in [1.165, 1.54) is 7.11 Å². The monoisotopic (exact) mass is 231 g/mol. The number of ether oxygens (including phenoxy) is 1. The minimum Gasteiger partial charge on any atom is -0.497 e. The molecule has 0 aliphatic heterocycles. The van der Waals surface area contributed by atoms with Gasteiger partial charge in [0.1, 0.15) is 5.75 Å². The van der Waals surface area contributed by atoms with E-state index in [1.807, 2.05) is 0 Å². The van der Waals surface area contributed by atoms with Crippen molar-refractivity contribution in [1.82, 2.24) is 0 Å². The Morgan fingerprint density at radius 2 is 1.93 bits per heavy atom. The van der Waals surface area contributed by atoms with Crippen LogP contribution >= 0.6 is 0 Å². The van der Waals surface area contributed by atoms with Gasteiger partial charge in [-0.15, -0.1) is 0 Å². The SMILES string of the molecule is COc1ccc(C(N)CS(=O)(=O)O)cc1. The fraction of sp³-hybridized carbons (Fsp3) is 0.333. The minimum atomic E-state index is -4.04. The van der Waals surface area contributed by atoms with E-state index in [4.69, 9.17) is 15.0 Å². The Bertz CT molecular complexity index is 412. The molecule has 0 aromatic heterocycles. The summed E-state index contributed by atoms with van der Waals surface area (Å²) in [6, 6.07) is 5.95. The van der Waals surface area contributed by atoms with Gasteiger partial charge in [0.25, 0.3) is 10.1 Å². The number of hydrogen-bond donors (Lipinski definition) is 2. The highest BCUT2D eigenvalue weighted by Crippen LogP contribution is 2.16. The van der Waals surface area contributed by atoms with Gasteiger partial charge in [-0.05, 0) is 17.7 Å². The molecule has 0 aliphatic rings. The molecule has 0 bridgehead atoms. The number of hydrogen-bond acceptors (Lipinski definition) is 4. The zero-order valence-corrected chi connectivity index (χ0v) is 9.07. The molecule has 0 heterocycles. The predicted molar refractivity (Wildman–Crippen MR) is 56.3 cm³/mol. The highest BCUT2D eigenvalue weighted by Gasteiger charge is 2.14. The lowest BCUT2D eigenvalue weighted by Gasteiger charge is -2.10. The summed E-state index contributed by atoms with van der Waals surface area (Å²) in [4.78, 5) is 0. The van der Waals surface area contributed by atoms with Crippen LogP contribution in [0.5, 0.6) is 5.75 Å². The second-order valence-corrected chi connectivity index (χ2v) is 4.63. The summed E-state index contributed by atoms with van der Waals surface area (Å²) in [6.45, 7) is 0. The number of benzene rings is 1. The molecule has 0 aliphatic carbocycles. The molecule has 15 heavy (non-hydrogen) atoms. The molecule has 0 saturated heterocycles. The molecule has 1 aromatic carbocycles. The van der Waals surface area contributed by atoms with Crippen LogP contribution in [0.1, 0.15) is 11.6 Å². The molecule has 0 saturated carbocycles. The van der Waals surface area contributed by atoms with Crippen LogP contribution in [0.25, 0.3) is 0 Å². The van der Waals surface area contributed by atoms with Gasteiger partial charge in [0, 0.05) is 6.04 Å². The lowest BCUT2D eigenvalue weighted by molar-refractivity contribution is 0.414. The topological polar surface area (TPSA) is 89.6 Å². The number of rotatable bonds is 4. The first kappa shape index (κ1) is 12.0. The van der Waals surface area contributed by atoms with E-state index in [0.717, 1.165) is 0 Å². The van der Waals surface area contributed by atoms with Crippen LogP contribution in [0.3, 0.4) is 0 Å². The third-order valence-electron chi connectivity index (χ3n) is 1.93. The summed E-state index contributed by atoms with van der Waals surface area (Å²) in [5, 5.41) is 0. The van der Waals surface area contributed by atoms with Gasteiger partial charge in [-0.3, -0.25) is 4.55 Å². The van der Waals surface area contributed by atoms with Gasteiger partial charge < -0.3 is 10.5 Å². The van der Waals surface area contributed by atoms with Gasteiger partial charge in [-0.25, -0.2) is 0 Å². The Labute approximate surface area is 88.6 Å². The third kappa shape index (κ3) is 3.86. The van der Waals surface area contributed by atoms with E-state index in [9.17, 15) is 8.42 Å². The molecule has 1 rings (SSSR count). The highest BCUT2D eigenvalue weighted by molar-refractivity contribution is 7.85.